The van der Waals surface area contributed by atoms with Gasteiger partial charge in [0, 0.05) is 29.8 Å². The summed E-state index contributed by atoms with van der Waals surface area (Å²) in [5, 5.41) is 12.6. The number of aliphatic hydroxyl groups is 1. The molecule has 2 aliphatic carbocycles. The normalized spacial score (nSPS) is 25.2. The van der Waals surface area contributed by atoms with Crippen LogP contribution in [0.25, 0.3) is 0 Å². The molecule has 2 aliphatic rings. The fourth-order valence-electron chi connectivity index (χ4n) is 5.59. The van der Waals surface area contributed by atoms with E-state index in [2.05, 4.69) is 5.32 Å². The summed E-state index contributed by atoms with van der Waals surface area (Å²) in [6.45, 7) is -0.115. The zero-order valence-corrected chi connectivity index (χ0v) is 21.2. The number of fused-ring (bicyclic) bond motifs is 2. The van der Waals surface area contributed by atoms with Gasteiger partial charge in [-0.2, -0.15) is 0 Å². The van der Waals surface area contributed by atoms with Crippen molar-refractivity contribution >= 4 is 38.8 Å². The molecule has 0 radical (unpaired) electrons. The predicted octanol–water partition coefficient (Wildman–Crippen LogP) is 4.01. The molecule has 0 heterocycles. The summed E-state index contributed by atoms with van der Waals surface area (Å²) >= 11 is 6.22. The largest absolute Gasteiger partial charge is 0.389 e. The molecule has 4 rings (SSSR count). The first-order chi connectivity index (χ1) is 17.4. The van der Waals surface area contributed by atoms with Crippen LogP contribution in [0.4, 0.5) is 18.9 Å². The third kappa shape index (κ3) is 5.27. The quantitative estimate of drug-likeness (QED) is 0.420. The number of amides is 1. The fourth-order valence-corrected chi connectivity index (χ4v) is 7.99. The van der Waals surface area contributed by atoms with Crippen LogP contribution in [0.3, 0.4) is 0 Å². The minimum absolute atomic E-state index is 0.0999. The Balaban J connectivity index is 1.55. The van der Waals surface area contributed by atoms with Crippen molar-refractivity contribution in [2.75, 3.05) is 11.9 Å². The van der Waals surface area contributed by atoms with Crippen LogP contribution in [0.1, 0.15) is 48.9 Å². The van der Waals surface area contributed by atoms with E-state index in [1.807, 2.05) is 0 Å². The Bertz CT molecular complexity index is 1320. The smallest absolute Gasteiger partial charge is 0.255 e. The number of ketones is 1. The minimum Gasteiger partial charge on any atom is -0.389 e. The number of rotatable bonds is 8. The molecule has 2 fully saturated rings. The monoisotopic (exact) mass is 558 g/mol. The third-order valence-electron chi connectivity index (χ3n) is 7.58. The molecule has 4 atom stereocenters. The van der Waals surface area contributed by atoms with Gasteiger partial charge in [-0.1, -0.05) is 11.6 Å². The topological polar surface area (TPSA) is 127 Å². The molecule has 1 amide bonds. The molecule has 37 heavy (non-hydrogen) atoms. The number of anilines is 1. The second kappa shape index (κ2) is 10.4. The van der Waals surface area contributed by atoms with Crippen LogP contribution < -0.4 is 11.1 Å². The van der Waals surface area contributed by atoms with E-state index in [9.17, 15) is 36.3 Å². The first-order valence-electron chi connectivity index (χ1n) is 11.8. The van der Waals surface area contributed by atoms with Crippen molar-refractivity contribution < 1.29 is 36.3 Å². The van der Waals surface area contributed by atoms with E-state index >= 15 is 0 Å². The van der Waals surface area contributed by atoms with Gasteiger partial charge in [-0.25, -0.2) is 21.6 Å². The highest BCUT2D eigenvalue weighted by atomic mass is 35.5. The van der Waals surface area contributed by atoms with E-state index in [1.165, 1.54) is 12.1 Å². The van der Waals surface area contributed by atoms with Gasteiger partial charge in [0.1, 0.15) is 5.78 Å². The van der Waals surface area contributed by atoms with E-state index in [4.69, 9.17) is 17.3 Å². The van der Waals surface area contributed by atoms with E-state index in [0.29, 0.717) is 25.0 Å². The van der Waals surface area contributed by atoms with Gasteiger partial charge in [0.25, 0.3) is 5.91 Å². The molecule has 2 bridgehead atoms. The molecule has 2 aromatic carbocycles. The third-order valence-corrected chi connectivity index (χ3v) is 10.2. The molecule has 2 saturated carbocycles. The number of Topliss-reactive ketones (excluding diaryl/α,β-unsaturated/α-hetero) is 1. The van der Waals surface area contributed by atoms with Crippen molar-refractivity contribution in [1.29, 1.82) is 0 Å². The summed E-state index contributed by atoms with van der Waals surface area (Å²) in [4.78, 5) is 24.1. The van der Waals surface area contributed by atoms with Crippen LogP contribution in [-0.4, -0.2) is 42.6 Å². The van der Waals surface area contributed by atoms with E-state index in [1.54, 1.807) is 0 Å². The molecule has 2 aromatic rings. The molecule has 3 unspecified atom stereocenters. The van der Waals surface area contributed by atoms with Crippen LogP contribution in [0.5, 0.6) is 0 Å². The maximum atomic E-state index is 13.6. The van der Waals surface area contributed by atoms with Crippen molar-refractivity contribution in [2.24, 2.45) is 17.6 Å². The summed E-state index contributed by atoms with van der Waals surface area (Å²) in [5.41, 5.74) is 3.75. The lowest BCUT2D eigenvalue weighted by molar-refractivity contribution is -0.121. The van der Waals surface area contributed by atoms with Crippen LogP contribution >= 0.6 is 11.6 Å². The number of hydrogen-bond donors (Lipinski definition) is 3. The number of carbonyl (C=O) groups excluding carboxylic acids is 2. The van der Waals surface area contributed by atoms with Crippen LogP contribution in [-0.2, 0) is 14.6 Å². The first kappa shape index (κ1) is 27.6. The van der Waals surface area contributed by atoms with Crippen LogP contribution in [0, 0.1) is 29.3 Å². The Morgan fingerprint density at radius 1 is 1.08 bits per heavy atom. The van der Waals surface area contributed by atoms with Crippen LogP contribution in [0.15, 0.2) is 35.2 Å². The maximum absolute atomic E-state index is 13.6. The first-order valence-corrected chi connectivity index (χ1v) is 13.7. The van der Waals surface area contributed by atoms with Gasteiger partial charge in [-0.15, -0.1) is 0 Å². The van der Waals surface area contributed by atoms with Crippen molar-refractivity contribution in [3.63, 3.8) is 0 Å². The Kier molecular flexibility index (Phi) is 7.72. The highest BCUT2D eigenvalue weighted by Crippen LogP contribution is 2.54. The Morgan fingerprint density at radius 3 is 2.24 bits per heavy atom. The molecule has 0 aliphatic heterocycles. The molecule has 4 N–H and O–H groups in total. The summed E-state index contributed by atoms with van der Waals surface area (Å²) in [5.74, 6) is -6.34. The van der Waals surface area contributed by atoms with Gasteiger partial charge in [0.2, 0.25) is 0 Å². The second-order valence-electron chi connectivity index (χ2n) is 9.70. The van der Waals surface area contributed by atoms with Crippen LogP contribution in [0.2, 0.25) is 5.02 Å². The summed E-state index contributed by atoms with van der Waals surface area (Å²) < 4.78 is 67.4. The molecule has 12 heteroatoms. The Hall–Kier alpha value is -2.47. The SMILES string of the molecule is NCC(=O)CCC1(O)C2CC[C@H]1CC(S(=O)(=O)c1cc(C(=O)Nc3cc(F)c(F)c(F)c3)ccc1Cl)C2. The van der Waals surface area contributed by atoms with E-state index in [-0.39, 0.29) is 71.0 Å². The van der Waals surface area contributed by atoms with E-state index in [0.717, 1.165) is 6.07 Å². The van der Waals surface area contributed by atoms with Gasteiger partial charge in [0.05, 0.1) is 27.3 Å². The Labute approximate surface area is 217 Å². The van der Waals surface area contributed by atoms with Crippen molar-refractivity contribution in [1.82, 2.24) is 0 Å². The number of nitrogens with two attached hydrogens (primary N) is 1. The minimum atomic E-state index is -4.03. The van der Waals surface area contributed by atoms with Crippen molar-refractivity contribution in [3.05, 3.63) is 58.4 Å². The fraction of sp³-hybridized carbons (Fsp3) is 0.440. The predicted molar refractivity (Wildman–Crippen MR) is 130 cm³/mol. The molecular formula is C25H26ClF3N2O5S. The average molecular weight is 559 g/mol. The van der Waals surface area contributed by atoms with Gasteiger partial charge in [0.15, 0.2) is 27.3 Å². The average Bonchev–Trinajstić information content (AvgIpc) is 3.01. The highest BCUT2D eigenvalue weighted by Gasteiger charge is 2.55. The summed E-state index contributed by atoms with van der Waals surface area (Å²) in [6.07, 6.45) is 1.96. The lowest BCUT2D eigenvalue weighted by atomic mass is 9.71. The highest BCUT2D eigenvalue weighted by molar-refractivity contribution is 7.92. The number of carbonyl (C=O) groups is 2. The van der Waals surface area contributed by atoms with E-state index < -0.39 is 44.0 Å². The zero-order valence-electron chi connectivity index (χ0n) is 19.6. The lowest BCUT2D eigenvalue weighted by Gasteiger charge is -2.42. The molecule has 7 nitrogen and oxygen atoms in total. The maximum Gasteiger partial charge on any atom is 0.255 e. The number of halogens is 4. The molecule has 0 aromatic heterocycles. The van der Waals surface area contributed by atoms with Gasteiger partial charge >= 0.3 is 0 Å². The van der Waals surface area contributed by atoms with Crippen molar-refractivity contribution in [3.8, 4) is 0 Å². The summed E-state index contributed by atoms with van der Waals surface area (Å²) in [7, 11) is -4.03. The standard InChI is InChI=1S/C25H26ClF3N2O5S/c26-19-4-1-13(24(33)31-16-10-20(27)23(29)21(28)11-16)7-22(19)37(35,36)18-8-14-2-3-15(9-18)25(14,34)6-5-17(32)12-30/h1,4,7,10-11,14-15,18,34H,2-3,5-6,8-9,12,30H2,(H,31,33)/t14-,15?,18?,25?/m0/s1. The molecular weight excluding hydrogens is 533 g/mol. The zero-order chi connectivity index (χ0) is 27.1. The number of nitrogens with one attached hydrogen (secondary N) is 1. The Morgan fingerprint density at radius 2 is 1.68 bits per heavy atom. The lowest BCUT2D eigenvalue weighted by Crippen LogP contribution is -2.48. The second-order valence-corrected chi connectivity index (χ2v) is 12.3. The van der Waals surface area contributed by atoms with Gasteiger partial charge in [-0.3, -0.25) is 9.59 Å². The number of benzene rings is 2. The summed E-state index contributed by atoms with van der Waals surface area (Å²) in [6, 6.07) is 4.78. The van der Waals surface area contributed by atoms with Crippen molar-refractivity contribution in [2.45, 2.75) is 54.3 Å². The van der Waals surface area contributed by atoms with Gasteiger partial charge < -0.3 is 16.2 Å². The number of sulfone groups is 1. The number of hydrogen-bond acceptors (Lipinski definition) is 6. The molecule has 200 valence electrons. The van der Waals surface area contributed by atoms with Gasteiger partial charge in [-0.05, 0) is 62.1 Å². The molecule has 0 saturated heterocycles. The molecule has 0 spiro atoms.